The molecule has 0 aromatic carbocycles. The number of hydrogen-bond acceptors (Lipinski definition) is 2. The molecule has 3 heteroatoms. The highest BCUT2D eigenvalue weighted by atomic mass is 16.4. The third-order valence-corrected chi connectivity index (χ3v) is 6.34. The number of allylic oxidation sites excluding steroid dienone is 5. The fourth-order valence-corrected chi connectivity index (χ4v) is 5.22. The maximum absolute atomic E-state index is 10.7. The van der Waals surface area contributed by atoms with Crippen LogP contribution >= 0.6 is 0 Å². The predicted molar refractivity (Wildman–Crippen MR) is 97.5 cm³/mol. The van der Waals surface area contributed by atoms with E-state index in [9.17, 15) is 9.90 Å². The Morgan fingerprint density at radius 3 is 2.46 bits per heavy atom. The van der Waals surface area contributed by atoms with E-state index in [1.807, 2.05) is 6.08 Å². The number of carboxylic acid groups (broad SMARTS) is 1. The van der Waals surface area contributed by atoms with Crippen molar-refractivity contribution < 1.29 is 15.0 Å². The summed E-state index contributed by atoms with van der Waals surface area (Å²) >= 11 is 0. The second-order valence-corrected chi connectivity index (χ2v) is 7.79. The molecule has 2 saturated carbocycles. The van der Waals surface area contributed by atoms with Crippen LogP contribution in [0.1, 0.15) is 47.0 Å². The zero-order valence-electron chi connectivity index (χ0n) is 15.4. The van der Waals surface area contributed by atoms with Gasteiger partial charge in [0.05, 0.1) is 6.10 Å². The molecular formula is C21H32O3. The molecule has 0 aromatic rings. The van der Waals surface area contributed by atoms with Crippen molar-refractivity contribution in [3.63, 3.8) is 0 Å². The van der Waals surface area contributed by atoms with E-state index in [2.05, 4.69) is 39.8 Å². The molecule has 0 heterocycles. The first-order valence-electron chi connectivity index (χ1n) is 9.25. The molecule has 3 nitrogen and oxygen atoms in total. The van der Waals surface area contributed by atoms with Gasteiger partial charge in [-0.25, -0.2) is 4.79 Å². The Kier molecular flexibility index (Phi) is 6.45. The van der Waals surface area contributed by atoms with Gasteiger partial charge in [-0.2, -0.15) is 0 Å². The van der Waals surface area contributed by atoms with E-state index in [-0.39, 0.29) is 6.10 Å². The monoisotopic (exact) mass is 332 g/mol. The predicted octanol–water partition coefficient (Wildman–Crippen LogP) is 4.45. The third-order valence-electron chi connectivity index (χ3n) is 6.34. The molecule has 0 aromatic heterocycles. The summed E-state index contributed by atoms with van der Waals surface area (Å²) in [5.74, 6) is 1.87. The molecule has 2 aliphatic carbocycles. The summed E-state index contributed by atoms with van der Waals surface area (Å²) in [6, 6.07) is 0. The van der Waals surface area contributed by atoms with Crippen molar-refractivity contribution in [1.29, 1.82) is 0 Å². The van der Waals surface area contributed by atoms with Crippen LogP contribution in [0.3, 0.4) is 0 Å². The number of rotatable bonds is 4. The van der Waals surface area contributed by atoms with E-state index in [0.29, 0.717) is 35.5 Å². The van der Waals surface area contributed by atoms with Gasteiger partial charge in [0, 0.05) is 6.08 Å². The Labute approximate surface area is 146 Å². The summed E-state index contributed by atoms with van der Waals surface area (Å²) in [6.45, 7) is 8.92. The topological polar surface area (TPSA) is 57.5 Å². The van der Waals surface area contributed by atoms with E-state index in [1.54, 1.807) is 6.08 Å². The van der Waals surface area contributed by atoms with Crippen LogP contribution in [0.15, 0.2) is 36.0 Å². The lowest BCUT2D eigenvalue weighted by molar-refractivity contribution is -0.131. The SMILES string of the molecule is C/C=C(\C)[C@H]1[C@@H](/C=C/C=C/C(=O)O)[C@H]2[C@@H](C[C@@H]1C)[C@@H](O)CC[C@@H]2C. The lowest BCUT2D eigenvalue weighted by Crippen LogP contribution is -2.48. The Bertz CT molecular complexity index is 531. The summed E-state index contributed by atoms with van der Waals surface area (Å²) in [5, 5.41) is 19.3. The Morgan fingerprint density at radius 1 is 1.12 bits per heavy atom. The average Bonchev–Trinajstić information content (AvgIpc) is 2.53. The molecule has 0 amide bonds. The number of fused-ring (bicyclic) bond motifs is 1. The van der Waals surface area contributed by atoms with Crippen molar-refractivity contribution in [2.75, 3.05) is 0 Å². The molecule has 0 bridgehead atoms. The molecule has 2 aliphatic rings. The molecule has 24 heavy (non-hydrogen) atoms. The molecule has 2 N–H and O–H groups in total. The number of aliphatic hydroxyl groups excluding tert-OH is 1. The van der Waals surface area contributed by atoms with Crippen LogP contribution in [0, 0.1) is 35.5 Å². The van der Waals surface area contributed by atoms with Gasteiger partial charge >= 0.3 is 5.97 Å². The van der Waals surface area contributed by atoms with Crippen molar-refractivity contribution in [2.24, 2.45) is 35.5 Å². The maximum Gasteiger partial charge on any atom is 0.328 e. The summed E-state index contributed by atoms with van der Waals surface area (Å²) in [6.07, 6.45) is 12.0. The van der Waals surface area contributed by atoms with Crippen molar-refractivity contribution in [2.45, 2.75) is 53.1 Å². The minimum atomic E-state index is -0.919. The molecule has 0 unspecified atom stereocenters. The highest BCUT2D eigenvalue weighted by Crippen LogP contribution is 2.53. The van der Waals surface area contributed by atoms with E-state index in [4.69, 9.17) is 5.11 Å². The number of carbonyl (C=O) groups is 1. The molecule has 0 spiro atoms. The maximum atomic E-state index is 10.7. The standard InChI is InChI=1S/C21H32O3/c1-5-13(2)20-15(4)12-17-18(22)11-10-14(3)21(17)16(20)8-6-7-9-19(23)24/h5-9,14-18,20-22H,10-12H2,1-4H3,(H,23,24)/b8-6+,9-7+,13-5+/t14-,15-,16+,17-,18-,20+,21-/m0/s1. The third kappa shape index (κ3) is 4.00. The quantitative estimate of drug-likeness (QED) is 0.454. The van der Waals surface area contributed by atoms with Gasteiger partial charge in [-0.1, -0.05) is 43.7 Å². The van der Waals surface area contributed by atoms with Gasteiger partial charge in [0.1, 0.15) is 0 Å². The highest BCUT2D eigenvalue weighted by molar-refractivity contribution is 5.80. The minimum absolute atomic E-state index is 0.189. The van der Waals surface area contributed by atoms with E-state index < -0.39 is 5.97 Å². The molecule has 0 radical (unpaired) electrons. The smallest absolute Gasteiger partial charge is 0.328 e. The van der Waals surface area contributed by atoms with Crippen LogP contribution in [-0.2, 0) is 4.79 Å². The summed E-state index contributed by atoms with van der Waals surface area (Å²) in [4.78, 5) is 10.7. The first kappa shape index (κ1) is 19.0. The van der Waals surface area contributed by atoms with Crippen LogP contribution in [0.2, 0.25) is 0 Å². The second kappa shape index (κ2) is 8.15. The van der Waals surface area contributed by atoms with Gasteiger partial charge in [0.25, 0.3) is 0 Å². The highest BCUT2D eigenvalue weighted by Gasteiger charge is 2.48. The lowest BCUT2D eigenvalue weighted by atomic mass is 9.53. The first-order valence-corrected chi connectivity index (χ1v) is 9.25. The first-order chi connectivity index (χ1) is 11.4. The van der Waals surface area contributed by atoms with Crippen LogP contribution in [0.25, 0.3) is 0 Å². The van der Waals surface area contributed by atoms with Crippen LogP contribution in [0.5, 0.6) is 0 Å². The normalized spacial score (nSPS) is 40.9. The summed E-state index contributed by atoms with van der Waals surface area (Å²) in [7, 11) is 0. The van der Waals surface area contributed by atoms with E-state index in [1.165, 1.54) is 11.6 Å². The minimum Gasteiger partial charge on any atom is -0.478 e. The number of carboxylic acids is 1. The lowest BCUT2D eigenvalue weighted by Gasteiger charge is -2.52. The van der Waals surface area contributed by atoms with Gasteiger partial charge in [0.15, 0.2) is 0 Å². The molecule has 134 valence electrons. The summed E-state index contributed by atoms with van der Waals surface area (Å²) in [5.41, 5.74) is 1.41. The van der Waals surface area contributed by atoms with Gasteiger partial charge in [-0.3, -0.25) is 0 Å². The van der Waals surface area contributed by atoms with E-state index in [0.717, 1.165) is 19.3 Å². The Hall–Kier alpha value is -1.35. The molecule has 2 rings (SSSR count). The fourth-order valence-electron chi connectivity index (χ4n) is 5.22. The van der Waals surface area contributed by atoms with Gasteiger partial charge < -0.3 is 10.2 Å². The van der Waals surface area contributed by atoms with Gasteiger partial charge in [-0.15, -0.1) is 0 Å². The van der Waals surface area contributed by atoms with Crippen LogP contribution in [-0.4, -0.2) is 22.3 Å². The Morgan fingerprint density at radius 2 is 1.83 bits per heavy atom. The molecule has 0 aliphatic heterocycles. The largest absolute Gasteiger partial charge is 0.478 e. The van der Waals surface area contributed by atoms with Crippen LogP contribution < -0.4 is 0 Å². The molecule has 7 atom stereocenters. The number of aliphatic hydroxyl groups is 1. The fraction of sp³-hybridized carbons (Fsp3) is 0.667. The van der Waals surface area contributed by atoms with Crippen molar-refractivity contribution >= 4 is 5.97 Å². The van der Waals surface area contributed by atoms with Gasteiger partial charge in [-0.05, 0) is 68.6 Å². The average molecular weight is 332 g/mol. The number of hydrogen-bond donors (Lipinski definition) is 2. The van der Waals surface area contributed by atoms with Crippen molar-refractivity contribution in [3.8, 4) is 0 Å². The zero-order chi connectivity index (χ0) is 17.9. The molecule has 2 fully saturated rings. The van der Waals surface area contributed by atoms with Crippen LogP contribution in [0.4, 0.5) is 0 Å². The van der Waals surface area contributed by atoms with E-state index >= 15 is 0 Å². The van der Waals surface area contributed by atoms with Crippen molar-refractivity contribution in [1.82, 2.24) is 0 Å². The molecule has 0 saturated heterocycles. The van der Waals surface area contributed by atoms with Gasteiger partial charge in [0.2, 0.25) is 0 Å². The van der Waals surface area contributed by atoms with Crippen molar-refractivity contribution in [3.05, 3.63) is 36.0 Å². The zero-order valence-corrected chi connectivity index (χ0v) is 15.4. The number of aliphatic carboxylic acids is 1. The second-order valence-electron chi connectivity index (χ2n) is 7.79. The molecular weight excluding hydrogens is 300 g/mol. The Balaban J connectivity index is 2.36. The summed E-state index contributed by atoms with van der Waals surface area (Å²) < 4.78 is 0.